The first-order valence-electron chi connectivity index (χ1n) is 9.45. The Labute approximate surface area is 175 Å². The van der Waals surface area contributed by atoms with Crippen LogP contribution < -0.4 is 10.6 Å². The Balaban J connectivity index is 1.56. The van der Waals surface area contributed by atoms with Crippen LogP contribution in [0.4, 0.5) is 10.5 Å². The summed E-state index contributed by atoms with van der Waals surface area (Å²) in [6, 6.07) is 16.8. The number of aliphatic hydroxyl groups is 1. The largest absolute Gasteiger partial charge is 0.388 e. The molecule has 2 aromatic carbocycles. The number of thiazole rings is 1. The molecule has 29 heavy (non-hydrogen) atoms. The zero-order valence-electron chi connectivity index (χ0n) is 16.6. The normalized spacial score (nSPS) is 13.1. The minimum absolute atomic E-state index is 0.134. The van der Waals surface area contributed by atoms with Gasteiger partial charge in [-0.25, -0.2) is 9.78 Å². The summed E-state index contributed by atoms with van der Waals surface area (Å²) >= 11 is 1.57. The maximum Gasteiger partial charge on any atom is 0.319 e. The summed E-state index contributed by atoms with van der Waals surface area (Å²) in [5.41, 5.74) is 2.57. The summed E-state index contributed by atoms with van der Waals surface area (Å²) in [5.74, 6) is -0.134. The average molecular weight is 411 g/mol. The molecule has 1 heterocycles. The highest BCUT2D eigenvalue weighted by Gasteiger charge is 2.22. The van der Waals surface area contributed by atoms with Crippen molar-refractivity contribution >= 4 is 23.1 Å². The second-order valence-electron chi connectivity index (χ2n) is 7.13. The monoisotopic (exact) mass is 410 g/mol. The molecule has 152 valence electrons. The van der Waals surface area contributed by atoms with Crippen LogP contribution in [0.1, 0.15) is 11.7 Å². The van der Waals surface area contributed by atoms with Gasteiger partial charge in [0.15, 0.2) is 0 Å². The Morgan fingerprint density at radius 2 is 1.86 bits per heavy atom. The molecule has 7 heteroatoms. The van der Waals surface area contributed by atoms with Gasteiger partial charge in [-0.1, -0.05) is 30.3 Å². The molecular weight excluding hydrogens is 384 g/mol. The van der Waals surface area contributed by atoms with Crippen LogP contribution in [0.2, 0.25) is 0 Å². The molecule has 0 fully saturated rings. The molecule has 2 amide bonds. The summed E-state index contributed by atoms with van der Waals surface area (Å²) in [4.78, 5) is 18.6. The first kappa shape index (κ1) is 21.0. The lowest BCUT2D eigenvalue weighted by Gasteiger charge is -2.26. The number of aromatic nitrogens is 1. The Morgan fingerprint density at radius 1 is 1.14 bits per heavy atom. The molecular formula is C22H26N4O2S. The number of anilines is 1. The van der Waals surface area contributed by atoms with Gasteiger partial charge in [0, 0.05) is 41.8 Å². The molecule has 3 N–H and O–H groups in total. The van der Waals surface area contributed by atoms with Crippen molar-refractivity contribution in [3.63, 3.8) is 0 Å². The van der Waals surface area contributed by atoms with E-state index in [-0.39, 0.29) is 11.9 Å². The highest BCUT2D eigenvalue weighted by atomic mass is 32.1. The molecule has 3 aromatic rings. The molecule has 0 aliphatic rings. The predicted molar refractivity (Wildman–Crippen MR) is 118 cm³/mol. The van der Waals surface area contributed by atoms with Crippen LogP contribution in [0.25, 0.3) is 10.6 Å². The number of urea groups is 1. The molecule has 0 unspecified atom stereocenters. The van der Waals surface area contributed by atoms with Gasteiger partial charge >= 0.3 is 6.03 Å². The van der Waals surface area contributed by atoms with Crippen LogP contribution in [-0.4, -0.2) is 48.2 Å². The second kappa shape index (κ2) is 10.2. The number of amides is 2. The molecule has 0 radical (unpaired) electrons. The van der Waals surface area contributed by atoms with Crippen molar-refractivity contribution in [2.75, 3.05) is 32.5 Å². The smallest absolute Gasteiger partial charge is 0.319 e. The van der Waals surface area contributed by atoms with Crippen LogP contribution >= 0.6 is 11.3 Å². The van der Waals surface area contributed by atoms with E-state index in [9.17, 15) is 9.90 Å². The first-order valence-corrected chi connectivity index (χ1v) is 10.3. The molecule has 2 atom stereocenters. The maximum absolute atomic E-state index is 12.3. The zero-order valence-corrected chi connectivity index (χ0v) is 17.4. The minimum Gasteiger partial charge on any atom is -0.388 e. The van der Waals surface area contributed by atoms with Crippen molar-refractivity contribution in [2.24, 2.45) is 5.92 Å². The van der Waals surface area contributed by atoms with Crippen LogP contribution in [0.3, 0.4) is 0 Å². The van der Waals surface area contributed by atoms with Crippen molar-refractivity contribution in [1.82, 2.24) is 15.2 Å². The average Bonchev–Trinajstić information content (AvgIpc) is 3.26. The molecule has 0 bridgehead atoms. The fourth-order valence-electron chi connectivity index (χ4n) is 3.13. The molecule has 0 saturated heterocycles. The Bertz CT molecular complexity index is 883. The third-order valence-electron chi connectivity index (χ3n) is 4.53. The van der Waals surface area contributed by atoms with E-state index >= 15 is 0 Å². The summed E-state index contributed by atoms with van der Waals surface area (Å²) in [7, 11) is 3.91. The number of nitrogens with zero attached hydrogens (tertiary/aromatic N) is 2. The summed E-state index contributed by atoms with van der Waals surface area (Å²) in [6.07, 6.45) is 1.12. The van der Waals surface area contributed by atoms with Gasteiger partial charge in [0.1, 0.15) is 5.01 Å². The molecule has 0 aliphatic heterocycles. The van der Waals surface area contributed by atoms with Gasteiger partial charge in [0.05, 0.1) is 6.10 Å². The number of hydrogen-bond donors (Lipinski definition) is 3. The van der Waals surface area contributed by atoms with E-state index in [1.165, 1.54) is 0 Å². The highest BCUT2D eigenvalue weighted by Crippen LogP contribution is 2.24. The molecule has 0 aliphatic carbocycles. The molecule has 0 spiro atoms. The van der Waals surface area contributed by atoms with E-state index in [1.54, 1.807) is 17.5 Å². The lowest BCUT2D eigenvalue weighted by molar-refractivity contribution is 0.0911. The predicted octanol–water partition coefficient (Wildman–Crippen LogP) is 3.84. The van der Waals surface area contributed by atoms with Crippen molar-refractivity contribution in [2.45, 2.75) is 6.10 Å². The van der Waals surface area contributed by atoms with Crippen LogP contribution in [0.15, 0.2) is 66.2 Å². The quantitative estimate of drug-likeness (QED) is 0.527. The number of carbonyl (C=O) groups is 1. The van der Waals surface area contributed by atoms with Gasteiger partial charge in [-0.3, -0.25) is 0 Å². The number of hydrogen-bond acceptors (Lipinski definition) is 5. The lowest BCUT2D eigenvalue weighted by atomic mass is 9.95. The van der Waals surface area contributed by atoms with Gasteiger partial charge in [0.2, 0.25) is 0 Å². The SMILES string of the molecule is CN(C)C[C@@H](CNC(=O)Nc1ccc(-c2nccs2)cc1)[C@H](O)c1ccccc1. The van der Waals surface area contributed by atoms with Crippen molar-refractivity contribution in [1.29, 1.82) is 0 Å². The van der Waals surface area contributed by atoms with Gasteiger partial charge < -0.3 is 20.6 Å². The molecule has 3 rings (SSSR count). The zero-order chi connectivity index (χ0) is 20.6. The van der Waals surface area contributed by atoms with E-state index < -0.39 is 6.10 Å². The maximum atomic E-state index is 12.3. The van der Waals surface area contributed by atoms with E-state index in [0.29, 0.717) is 18.8 Å². The third kappa shape index (κ3) is 6.12. The summed E-state index contributed by atoms with van der Waals surface area (Å²) in [6.45, 7) is 1.01. The number of carbonyl (C=O) groups excluding carboxylic acids is 1. The molecule has 1 aromatic heterocycles. The third-order valence-corrected chi connectivity index (χ3v) is 5.36. The second-order valence-corrected chi connectivity index (χ2v) is 8.02. The van der Waals surface area contributed by atoms with Crippen molar-refractivity contribution < 1.29 is 9.90 Å². The van der Waals surface area contributed by atoms with Crippen molar-refractivity contribution in [3.8, 4) is 10.6 Å². The number of aliphatic hydroxyl groups excluding tert-OH is 1. The van der Waals surface area contributed by atoms with Crippen molar-refractivity contribution in [3.05, 3.63) is 71.7 Å². The molecule has 0 saturated carbocycles. The Morgan fingerprint density at radius 3 is 2.48 bits per heavy atom. The van der Waals surface area contributed by atoms with Crippen LogP contribution in [0.5, 0.6) is 0 Å². The van der Waals surface area contributed by atoms with Gasteiger partial charge in [-0.15, -0.1) is 11.3 Å². The number of nitrogens with one attached hydrogen (secondary N) is 2. The van der Waals surface area contributed by atoms with Gasteiger partial charge in [-0.2, -0.15) is 0 Å². The highest BCUT2D eigenvalue weighted by molar-refractivity contribution is 7.13. The van der Waals surface area contributed by atoms with Gasteiger partial charge in [0.25, 0.3) is 0 Å². The van der Waals surface area contributed by atoms with E-state index in [2.05, 4.69) is 15.6 Å². The summed E-state index contributed by atoms with van der Waals surface area (Å²) < 4.78 is 0. The summed E-state index contributed by atoms with van der Waals surface area (Å²) in [5, 5.41) is 19.4. The molecule has 6 nitrogen and oxygen atoms in total. The lowest BCUT2D eigenvalue weighted by Crippen LogP contribution is -2.39. The van der Waals surface area contributed by atoms with E-state index in [1.807, 2.05) is 79.0 Å². The Kier molecular flexibility index (Phi) is 7.35. The van der Waals surface area contributed by atoms with E-state index in [0.717, 1.165) is 16.1 Å². The minimum atomic E-state index is -0.656. The number of benzene rings is 2. The van der Waals surface area contributed by atoms with Crippen LogP contribution in [-0.2, 0) is 0 Å². The number of rotatable bonds is 8. The Hall–Kier alpha value is -2.74. The topological polar surface area (TPSA) is 77.5 Å². The fraction of sp³-hybridized carbons (Fsp3) is 0.273. The van der Waals surface area contributed by atoms with Crippen LogP contribution in [0, 0.1) is 5.92 Å². The fourth-order valence-corrected chi connectivity index (χ4v) is 3.77. The van der Waals surface area contributed by atoms with E-state index in [4.69, 9.17) is 0 Å². The standard InChI is InChI=1S/C22H26N4O2S/c1-26(2)15-18(20(27)16-6-4-3-5-7-16)14-24-22(28)25-19-10-8-17(9-11-19)21-23-12-13-29-21/h3-13,18,20,27H,14-15H2,1-2H3,(H2,24,25,28)/t18-,20-/m1/s1. The van der Waals surface area contributed by atoms with Gasteiger partial charge in [-0.05, 0) is 43.9 Å². The first-order chi connectivity index (χ1) is 14.0.